The van der Waals surface area contributed by atoms with Crippen LogP contribution in [-0.4, -0.2) is 4.98 Å². The van der Waals surface area contributed by atoms with E-state index in [2.05, 4.69) is 46.7 Å². The van der Waals surface area contributed by atoms with Crippen LogP contribution in [-0.2, 0) is 13.1 Å². The first-order valence-corrected chi connectivity index (χ1v) is 7.02. The van der Waals surface area contributed by atoms with Crippen LogP contribution in [0.1, 0.15) is 41.1 Å². The predicted octanol–water partition coefficient (Wildman–Crippen LogP) is 3.56. The number of hydrogen-bond acceptors (Lipinski definition) is 2. The van der Waals surface area contributed by atoms with E-state index < -0.39 is 0 Å². The van der Waals surface area contributed by atoms with Crippen molar-refractivity contribution in [1.82, 2.24) is 10.3 Å². The Morgan fingerprint density at radius 2 is 1.68 bits per heavy atom. The summed E-state index contributed by atoms with van der Waals surface area (Å²) in [6.45, 7) is 3.80. The molecule has 0 spiro atoms. The first-order valence-electron chi connectivity index (χ1n) is 7.02. The van der Waals surface area contributed by atoms with E-state index >= 15 is 0 Å². The van der Waals surface area contributed by atoms with Crippen molar-refractivity contribution in [2.75, 3.05) is 0 Å². The molecule has 1 N–H and O–H groups in total. The quantitative estimate of drug-likeness (QED) is 0.880. The second-order valence-corrected chi connectivity index (χ2v) is 5.43. The van der Waals surface area contributed by atoms with E-state index in [1.54, 1.807) is 0 Å². The van der Waals surface area contributed by atoms with Gasteiger partial charge in [0.2, 0.25) is 0 Å². The van der Waals surface area contributed by atoms with Gasteiger partial charge >= 0.3 is 0 Å². The number of hydrogen-bond donors (Lipinski definition) is 1. The van der Waals surface area contributed by atoms with Gasteiger partial charge in [-0.05, 0) is 48.4 Å². The average molecular weight is 252 g/mol. The highest BCUT2D eigenvalue weighted by atomic mass is 14.8. The largest absolute Gasteiger partial charge is 0.309 e. The second-order valence-electron chi connectivity index (χ2n) is 5.43. The summed E-state index contributed by atoms with van der Waals surface area (Å²) in [5, 5.41) is 3.46. The number of pyridine rings is 1. The first kappa shape index (κ1) is 12.4. The molecule has 0 radical (unpaired) electrons. The van der Waals surface area contributed by atoms with Gasteiger partial charge in [-0.2, -0.15) is 0 Å². The third kappa shape index (κ3) is 3.42. The molecule has 0 amide bonds. The van der Waals surface area contributed by atoms with Crippen molar-refractivity contribution in [3.8, 4) is 0 Å². The molecule has 2 nitrogen and oxygen atoms in total. The molecule has 0 bridgehead atoms. The van der Waals surface area contributed by atoms with E-state index in [4.69, 9.17) is 0 Å². The van der Waals surface area contributed by atoms with E-state index in [0.29, 0.717) is 0 Å². The normalized spacial score (nSPS) is 14.6. The molecule has 1 aromatic heterocycles. The highest BCUT2D eigenvalue weighted by Gasteiger charge is 2.22. The van der Waals surface area contributed by atoms with Gasteiger partial charge in [0.15, 0.2) is 0 Å². The van der Waals surface area contributed by atoms with Crippen LogP contribution < -0.4 is 5.32 Å². The van der Waals surface area contributed by atoms with Crippen molar-refractivity contribution in [1.29, 1.82) is 0 Å². The number of benzene rings is 1. The topological polar surface area (TPSA) is 24.9 Å². The summed E-state index contributed by atoms with van der Waals surface area (Å²) < 4.78 is 0. The maximum absolute atomic E-state index is 4.30. The molecule has 0 atom stereocenters. The summed E-state index contributed by atoms with van der Waals surface area (Å²) in [4.78, 5) is 4.30. The van der Waals surface area contributed by atoms with E-state index in [-0.39, 0.29) is 0 Å². The van der Waals surface area contributed by atoms with Crippen LogP contribution in [0.5, 0.6) is 0 Å². The Hall–Kier alpha value is -1.67. The Labute approximate surface area is 114 Å². The van der Waals surface area contributed by atoms with Crippen LogP contribution in [0, 0.1) is 6.92 Å². The van der Waals surface area contributed by atoms with Crippen LogP contribution in [0.3, 0.4) is 0 Å². The van der Waals surface area contributed by atoms with Gasteiger partial charge in [0.05, 0.1) is 0 Å². The lowest BCUT2D eigenvalue weighted by atomic mass is 10.1. The molecule has 2 heteroatoms. The lowest BCUT2D eigenvalue weighted by molar-refractivity contribution is 0.691. The summed E-state index contributed by atoms with van der Waals surface area (Å²) in [7, 11) is 0. The average Bonchev–Trinajstić information content (AvgIpc) is 3.26. The van der Waals surface area contributed by atoms with Crippen molar-refractivity contribution in [3.63, 3.8) is 0 Å². The second kappa shape index (κ2) is 5.54. The molecular formula is C17H20N2. The maximum Gasteiger partial charge on any atom is 0.0372 e. The molecule has 1 heterocycles. The summed E-state index contributed by atoms with van der Waals surface area (Å²) in [6, 6.07) is 13.2. The third-order valence-electron chi connectivity index (χ3n) is 3.66. The molecule has 19 heavy (non-hydrogen) atoms. The molecule has 3 rings (SSSR count). The Morgan fingerprint density at radius 1 is 1.00 bits per heavy atom. The minimum Gasteiger partial charge on any atom is -0.309 e. The highest BCUT2D eigenvalue weighted by molar-refractivity contribution is 5.28. The van der Waals surface area contributed by atoms with Gasteiger partial charge < -0.3 is 5.32 Å². The number of nitrogens with zero attached hydrogens (tertiary/aromatic N) is 1. The first-order chi connectivity index (χ1) is 9.31. The summed E-state index contributed by atoms with van der Waals surface area (Å²) in [6.07, 6.45) is 4.69. The van der Waals surface area contributed by atoms with E-state index in [1.165, 1.54) is 29.5 Å². The minimum absolute atomic E-state index is 0.848. The van der Waals surface area contributed by atoms with Gasteiger partial charge in [-0.25, -0.2) is 0 Å². The number of aryl methyl sites for hydroxylation is 1. The molecule has 1 saturated carbocycles. The standard InChI is InChI=1S/C17H20N2/c1-13-2-3-15(12-19-13)11-18-10-14-4-6-16(7-5-14)17-8-9-17/h2-7,12,17-18H,8-11H2,1H3. The number of aromatic nitrogens is 1. The molecule has 2 aromatic rings. The Bertz CT molecular complexity index is 524. The summed E-state index contributed by atoms with van der Waals surface area (Å²) in [5.74, 6) is 0.848. The van der Waals surface area contributed by atoms with Gasteiger partial charge in [-0.3, -0.25) is 4.98 Å². The van der Waals surface area contributed by atoms with E-state index in [9.17, 15) is 0 Å². The number of rotatable bonds is 5. The Balaban J connectivity index is 1.50. The molecule has 1 aliphatic carbocycles. The molecule has 1 fully saturated rings. The van der Waals surface area contributed by atoms with Crippen molar-refractivity contribution in [2.45, 2.75) is 38.8 Å². The third-order valence-corrected chi connectivity index (χ3v) is 3.66. The fourth-order valence-electron chi connectivity index (χ4n) is 2.28. The SMILES string of the molecule is Cc1ccc(CNCc2ccc(C3CC3)cc2)cn1. The van der Waals surface area contributed by atoms with Gasteiger partial charge in [0.25, 0.3) is 0 Å². The molecule has 1 aromatic carbocycles. The molecule has 0 saturated heterocycles. The lowest BCUT2D eigenvalue weighted by Crippen LogP contribution is -2.12. The molecule has 0 aliphatic heterocycles. The van der Waals surface area contributed by atoms with Crippen molar-refractivity contribution < 1.29 is 0 Å². The Kier molecular flexibility index (Phi) is 3.60. The van der Waals surface area contributed by atoms with Gasteiger partial charge in [-0.1, -0.05) is 30.3 Å². The maximum atomic E-state index is 4.30. The lowest BCUT2D eigenvalue weighted by Gasteiger charge is -2.06. The zero-order valence-corrected chi connectivity index (χ0v) is 11.4. The van der Waals surface area contributed by atoms with Crippen LogP contribution >= 0.6 is 0 Å². The minimum atomic E-state index is 0.848. The molecule has 98 valence electrons. The zero-order chi connectivity index (χ0) is 13.1. The molecule has 0 unspecified atom stereocenters. The smallest absolute Gasteiger partial charge is 0.0372 e. The van der Waals surface area contributed by atoms with Crippen molar-refractivity contribution in [2.24, 2.45) is 0 Å². The van der Waals surface area contributed by atoms with E-state index in [1.807, 2.05) is 13.1 Å². The Morgan fingerprint density at radius 3 is 2.32 bits per heavy atom. The van der Waals surface area contributed by atoms with Crippen LogP contribution in [0.4, 0.5) is 0 Å². The fraction of sp³-hybridized carbons (Fsp3) is 0.353. The van der Waals surface area contributed by atoms with Crippen LogP contribution in [0.15, 0.2) is 42.6 Å². The van der Waals surface area contributed by atoms with Crippen molar-refractivity contribution >= 4 is 0 Å². The summed E-state index contributed by atoms with van der Waals surface area (Å²) >= 11 is 0. The van der Waals surface area contributed by atoms with Crippen LogP contribution in [0.2, 0.25) is 0 Å². The van der Waals surface area contributed by atoms with Gasteiger partial charge in [0, 0.05) is 25.0 Å². The summed E-state index contributed by atoms with van der Waals surface area (Å²) in [5.41, 5.74) is 5.16. The fourth-order valence-corrected chi connectivity index (χ4v) is 2.28. The van der Waals surface area contributed by atoms with Crippen molar-refractivity contribution in [3.05, 3.63) is 65.0 Å². The monoisotopic (exact) mass is 252 g/mol. The zero-order valence-electron chi connectivity index (χ0n) is 11.4. The van der Waals surface area contributed by atoms with Gasteiger partial charge in [-0.15, -0.1) is 0 Å². The van der Waals surface area contributed by atoms with Gasteiger partial charge in [0.1, 0.15) is 0 Å². The van der Waals surface area contributed by atoms with E-state index in [0.717, 1.165) is 24.7 Å². The van der Waals surface area contributed by atoms with Crippen LogP contribution in [0.25, 0.3) is 0 Å². The predicted molar refractivity (Wildman–Crippen MR) is 77.9 cm³/mol. The number of nitrogens with one attached hydrogen (secondary N) is 1. The highest BCUT2D eigenvalue weighted by Crippen LogP contribution is 2.39. The molecular weight excluding hydrogens is 232 g/mol. The molecule has 1 aliphatic rings.